The van der Waals surface area contributed by atoms with Gasteiger partial charge in [0, 0.05) is 5.56 Å². The molecule has 1 amide bonds. The molecule has 0 saturated carbocycles. The molecule has 5 nitrogen and oxygen atoms in total. The Labute approximate surface area is 194 Å². The van der Waals surface area contributed by atoms with Crippen LogP contribution < -0.4 is 14.4 Å². The maximum absolute atomic E-state index is 13.8. The Hall–Kier alpha value is -3.90. The predicted octanol–water partition coefficient (Wildman–Crippen LogP) is 5.73. The summed E-state index contributed by atoms with van der Waals surface area (Å²) in [5.74, 6) is 0.788. The lowest BCUT2D eigenvalue weighted by Gasteiger charge is -2.31. The summed E-state index contributed by atoms with van der Waals surface area (Å²) in [4.78, 5) is 16.6. The first kappa shape index (κ1) is 21.0. The summed E-state index contributed by atoms with van der Waals surface area (Å²) in [6, 6.07) is 29.5. The number of hydrogen-bond acceptors (Lipinski definition) is 4. The van der Waals surface area contributed by atoms with Crippen LogP contribution in [-0.4, -0.2) is 17.2 Å². The Kier molecular flexibility index (Phi) is 5.67. The number of rotatable bonds is 5. The van der Waals surface area contributed by atoms with Crippen molar-refractivity contribution in [2.75, 3.05) is 12.0 Å². The van der Waals surface area contributed by atoms with Gasteiger partial charge in [-0.15, -0.1) is 0 Å². The Morgan fingerprint density at radius 3 is 2.03 bits per heavy atom. The Balaban J connectivity index is 1.54. The molecule has 6 heteroatoms. The third-order valence-corrected chi connectivity index (χ3v) is 6.95. The van der Waals surface area contributed by atoms with E-state index in [1.165, 1.54) is 0 Å². The van der Waals surface area contributed by atoms with Crippen LogP contribution in [0.5, 0.6) is 11.5 Å². The van der Waals surface area contributed by atoms with Gasteiger partial charge in [-0.2, -0.15) is 0 Å². The number of amides is 1. The summed E-state index contributed by atoms with van der Waals surface area (Å²) in [6.07, 6.45) is 0. The van der Waals surface area contributed by atoms with E-state index in [1.807, 2.05) is 66.7 Å². The fraction of sp³-hybridized carbons (Fsp3) is 0.0741. The molecular weight excluding hydrogens is 434 g/mol. The summed E-state index contributed by atoms with van der Waals surface area (Å²) in [5.41, 5.74) is 2.68. The third-order valence-electron chi connectivity index (χ3n) is 5.46. The first-order valence-electron chi connectivity index (χ1n) is 10.5. The Morgan fingerprint density at radius 1 is 0.788 bits per heavy atom. The van der Waals surface area contributed by atoms with Crippen molar-refractivity contribution in [3.05, 3.63) is 108 Å². The summed E-state index contributed by atoms with van der Waals surface area (Å²) >= 11 is 0. The molecule has 0 unspecified atom stereocenters. The van der Waals surface area contributed by atoms with Crippen molar-refractivity contribution in [2.24, 2.45) is 0 Å². The second-order valence-corrected chi connectivity index (χ2v) is 8.90. The van der Waals surface area contributed by atoms with Crippen LogP contribution in [0.15, 0.2) is 107 Å². The number of carbonyl (C=O) groups is 1. The van der Waals surface area contributed by atoms with E-state index in [-0.39, 0.29) is 5.91 Å². The van der Waals surface area contributed by atoms with E-state index in [4.69, 9.17) is 9.47 Å². The van der Waals surface area contributed by atoms with Gasteiger partial charge in [0.05, 0.1) is 39.1 Å². The lowest BCUT2D eigenvalue weighted by atomic mass is 10.1. The van der Waals surface area contributed by atoms with Gasteiger partial charge < -0.3 is 9.47 Å². The summed E-state index contributed by atoms with van der Waals surface area (Å²) < 4.78 is 24.6. The van der Waals surface area contributed by atoms with Crippen molar-refractivity contribution >= 4 is 28.1 Å². The van der Waals surface area contributed by atoms with Gasteiger partial charge in [-0.25, -0.2) is 4.21 Å². The van der Waals surface area contributed by atoms with Crippen LogP contribution in [0.25, 0.3) is 0 Å². The molecule has 5 rings (SSSR count). The molecule has 0 N–H and O–H groups in total. The van der Waals surface area contributed by atoms with E-state index in [0.717, 1.165) is 5.56 Å². The van der Waals surface area contributed by atoms with Crippen molar-refractivity contribution in [1.82, 2.24) is 0 Å². The monoisotopic (exact) mass is 455 g/mol. The largest absolute Gasteiger partial charge is 0.493 e. The zero-order valence-corrected chi connectivity index (χ0v) is 18.7. The average Bonchev–Trinajstić information content (AvgIpc) is 2.88. The molecule has 0 radical (unpaired) electrons. The van der Waals surface area contributed by atoms with E-state index in [9.17, 15) is 9.00 Å². The molecule has 0 saturated heterocycles. The molecule has 0 fully saturated rings. The number of fused-ring (bicyclic) bond motifs is 2. The van der Waals surface area contributed by atoms with E-state index in [2.05, 4.69) is 0 Å². The topological polar surface area (TPSA) is 55.8 Å². The molecule has 0 aromatic heterocycles. The molecule has 0 aliphatic carbocycles. The number of benzene rings is 4. The first-order chi connectivity index (χ1) is 16.2. The summed E-state index contributed by atoms with van der Waals surface area (Å²) in [7, 11) is 0.212. The minimum atomic E-state index is -1.36. The summed E-state index contributed by atoms with van der Waals surface area (Å²) in [5, 5.41) is 0. The van der Waals surface area contributed by atoms with Crippen LogP contribution in [0.2, 0.25) is 0 Å². The van der Waals surface area contributed by atoms with E-state index >= 15 is 0 Å². The van der Waals surface area contributed by atoms with Crippen LogP contribution in [-0.2, 0) is 17.4 Å². The van der Waals surface area contributed by atoms with Crippen molar-refractivity contribution in [2.45, 2.75) is 16.4 Å². The highest BCUT2D eigenvalue weighted by Gasteiger charge is 2.32. The van der Waals surface area contributed by atoms with Crippen LogP contribution >= 0.6 is 0 Å². The molecule has 164 valence electrons. The minimum absolute atomic E-state index is 0.237. The van der Waals surface area contributed by atoms with Crippen LogP contribution in [0.3, 0.4) is 0 Å². The number of anilines is 2. The molecule has 33 heavy (non-hydrogen) atoms. The van der Waals surface area contributed by atoms with Gasteiger partial charge in [0.15, 0.2) is 11.5 Å². The molecule has 1 heterocycles. The third kappa shape index (κ3) is 3.90. The molecule has 0 bridgehead atoms. The maximum atomic E-state index is 13.8. The van der Waals surface area contributed by atoms with Crippen molar-refractivity contribution in [3.63, 3.8) is 0 Å². The standard InChI is InChI=1S/C27H21NO4S/c1-31-23-16-15-20(17-24(23)32-18-19-9-3-2-4-10-19)27(29)28-21-11-5-7-13-25(21)33(30)26-14-8-6-12-22(26)28/h2-17H,18H2,1H3. The smallest absolute Gasteiger partial charge is 0.263 e. The van der Waals surface area contributed by atoms with Gasteiger partial charge in [0.25, 0.3) is 5.91 Å². The number of para-hydroxylation sites is 2. The van der Waals surface area contributed by atoms with Gasteiger partial charge in [-0.1, -0.05) is 54.6 Å². The van der Waals surface area contributed by atoms with Crippen molar-refractivity contribution in [3.8, 4) is 11.5 Å². The molecular formula is C27H21NO4S. The van der Waals surface area contributed by atoms with Gasteiger partial charge >= 0.3 is 0 Å². The SMILES string of the molecule is COc1ccc(C(=O)N2c3ccccc3S(=O)c3ccccc32)cc1OCc1ccccc1. The fourth-order valence-corrected chi connectivity index (χ4v) is 5.19. The minimum Gasteiger partial charge on any atom is -0.493 e. The molecule has 4 aromatic rings. The second-order valence-electron chi connectivity index (χ2n) is 7.48. The van der Waals surface area contributed by atoms with Crippen LogP contribution in [0.1, 0.15) is 15.9 Å². The van der Waals surface area contributed by atoms with Crippen molar-refractivity contribution < 1.29 is 18.5 Å². The normalized spacial score (nSPS) is 12.6. The van der Waals surface area contributed by atoms with Gasteiger partial charge in [0.1, 0.15) is 6.61 Å². The van der Waals surface area contributed by atoms with E-state index in [1.54, 1.807) is 42.3 Å². The lowest BCUT2D eigenvalue weighted by molar-refractivity contribution is 0.0997. The van der Waals surface area contributed by atoms with Crippen LogP contribution in [0, 0.1) is 0 Å². The number of nitrogens with zero attached hydrogens (tertiary/aromatic N) is 1. The van der Waals surface area contributed by atoms with E-state index in [0.29, 0.717) is 44.8 Å². The quantitative estimate of drug-likeness (QED) is 0.386. The number of methoxy groups -OCH3 is 1. The molecule has 1 aliphatic heterocycles. The van der Waals surface area contributed by atoms with Crippen LogP contribution in [0.4, 0.5) is 11.4 Å². The molecule has 1 aliphatic rings. The average molecular weight is 456 g/mol. The Bertz CT molecular complexity index is 1300. The second kappa shape index (κ2) is 8.92. The number of ether oxygens (including phenoxy) is 2. The zero-order valence-electron chi connectivity index (χ0n) is 17.9. The predicted molar refractivity (Wildman–Crippen MR) is 128 cm³/mol. The summed E-state index contributed by atoms with van der Waals surface area (Å²) in [6.45, 7) is 0.350. The van der Waals surface area contributed by atoms with E-state index < -0.39 is 10.8 Å². The molecule has 4 aromatic carbocycles. The maximum Gasteiger partial charge on any atom is 0.263 e. The molecule has 0 spiro atoms. The first-order valence-corrected chi connectivity index (χ1v) is 11.6. The highest BCUT2D eigenvalue weighted by Crippen LogP contribution is 2.43. The zero-order chi connectivity index (χ0) is 22.8. The highest BCUT2D eigenvalue weighted by atomic mass is 32.2. The fourth-order valence-electron chi connectivity index (χ4n) is 3.85. The molecule has 0 atom stereocenters. The van der Waals surface area contributed by atoms with Gasteiger partial charge in [-0.3, -0.25) is 9.69 Å². The van der Waals surface area contributed by atoms with Gasteiger partial charge in [0.2, 0.25) is 0 Å². The highest BCUT2D eigenvalue weighted by molar-refractivity contribution is 7.85. The number of carbonyl (C=O) groups excluding carboxylic acids is 1. The van der Waals surface area contributed by atoms with Crippen molar-refractivity contribution in [1.29, 1.82) is 0 Å². The lowest BCUT2D eigenvalue weighted by Crippen LogP contribution is -2.30. The Morgan fingerprint density at radius 2 is 1.39 bits per heavy atom. The number of hydrogen-bond donors (Lipinski definition) is 0. The van der Waals surface area contributed by atoms with Gasteiger partial charge in [-0.05, 0) is 48.0 Å².